The van der Waals surface area contributed by atoms with Crippen LogP contribution in [0.1, 0.15) is 6.92 Å². The molecule has 6 heteroatoms. The third kappa shape index (κ3) is 5.71. The molecule has 0 aromatic heterocycles. The van der Waals surface area contributed by atoms with Crippen molar-refractivity contribution in [3.63, 3.8) is 0 Å². The average molecular weight is 295 g/mol. The number of benzene rings is 1. The summed E-state index contributed by atoms with van der Waals surface area (Å²) in [6.07, 6.45) is -0.492. The Hall–Kier alpha value is -1.63. The Labute approximate surface area is 124 Å². The standard InChI is InChI=1S/C15H22N2O4/c1-12(18)16-13-2-4-15(5-3-13)21-11-14(19)10-17-6-8-20-9-7-17/h2-5,14,19H,6-11H2,1H3,(H,16,18)/p+1/t14-/m0/s1. The number of quaternary nitrogens is 1. The van der Waals surface area contributed by atoms with Gasteiger partial charge in [0.1, 0.15) is 38.1 Å². The second-order valence-corrected chi connectivity index (χ2v) is 5.24. The van der Waals surface area contributed by atoms with Crippen LogP contribution in [0.3, 0.4) is 0 Å². The van der Waals surface area contributed by atoms with E-state index in [4.69, 9.17) is 9.47 Å². The molecule has 1 saturated heterocycles. The van der Waals surface area contributed by atoms with Gasteiger partial charge in [0.2, 0.25) is 5.91 Å². The van der Waals surface area contributed by atoms with Crippen molar-refractivity contribution in [1.82, 2.24) is 0 Å². The summed E-state index contributed by atoms with van der Waals surface area (Å²) in [5, 5.41) is 12.7. The molecule has 0 spiro atoms. The van der Waals surface area contributed by atoms with E-state index in [1.54, 1.807) is 24.3 Å². The van der Waals surface area contributed by atoms with Crippen LogP contribution in [-0.4, -0.2) is 56.6 Å². The minimum Gasteiger partial charge on any atom is -0.491 e. The van der Waals surface area contributed by atoms with Crippen LogP contribution < -0.4 is 15.0 Å². The van der Waals surface area contributed by atoms with E-state index in [9.17, 15) is 9.90 Å². The largest absolute Gasteiger partial charge is 0.491 e. The van der Waals surface area contributed by atoms with Gasteiger partial charge in [-0.3, -0.25) is 4.79 Å². The fourth-order valence-corrected chi connectivity index (χ4v) is 2.29. The molecule has 0 radical (unpaired) electrons. The van der Waals surface area contributed by atoms with Crippen LogP contribution in [0.15, 0.2) is 24.3 Å². The van der Waals surface area contributed by atoms with E-state index in [0.717, 1.165) is 32.0 Å². The minimum absolute atomic E-state index is 0.104. The highest BCUT2D eigenvalue weighted by Crippen LogP contribution is 2.15. The summed E-state index contributed by atoms with van der Waals surface area (Å²) in [6.45, 7) is 5.79. The number of morpholine rings is 1. The molecule has 1 fully saturated rings. The highest BCUT2D eigenvalue weighted by Gasteiger charge is 2.18. The lowest BCUT2D eigenvalue weighted by atomic mass is 10.3. The van der Waals surface area contributed by atoms with Crippen molar-refractivity contribution in [2.75, 3.05) is 44.8 Å². The van der Waals surface area contributed by atoms with Gasteiger partial charge in [0.15, 0.2) is 0 Å². The van der Waals surface area contributed by atoms with Crippen molar-refractivity contribution in [3.05, 3.63) is 24.3 Å². The number of aliphatic hydroxyl groups excluding tert-OH is 1. The van der Waals surface area contributed by atoms with E-state index in [2.05, 4.69) is 5.32 Å². The summed E-state index contributed by atoms with van der Waals surface area (Å²) in [6, 6.07) is 7.10. The molecule has 1 aromatic carbocycles. The third-order valence-corrected chi connectivity index (χ3v) is 3.34. The summed E-state index contributed by atoms with van der Waals surface area (Å²) in [7, 11) is 0. The van der Waals surface area contributed by atoms with Crippen LogP contribution >= 0.6 is 0 Å². The molecule has 2 rings (SSSR count). The van der Waals surface area contributed by atoms with E-state index in [1.807, 2.05) is 0 Å². The van der Waals surface area contributed by atoms with Gasteiger partial charge in [0, 0.05) is 12.6 Å². The number of carbonyl (C=O) groups excluding carboxylic acids is 1. The summed E-state index contributed by atoms with van der Waals surface area (Å²) in [5.41, 5.74) is 0.730. The highest BCUT2D eigenvalue weighted by atomic mass is 16.5. The average Bonchev–Trinajstić information content (AvgIpc) is 2.47. The molecule has 1 aliphatic heterocycles. The molecular weight excluding hydrogens is 272 g/mol. The molecule has 1 aliphatic rings. The smallest absolute Gasteiger partial charge is 0.221 e. The first-order valence-electron chi connectivity index (χ1n) is 7.23. The van der Waals surface area contributed by atoms with Gasteiger partial charge in [-0.05, 0) is 24.3 Å². The maximum absolute atomic E-state index is 10.9. The Morgan fingerprint density at radius 2 is 2.05 bits per heavy atom. The van der Waals surface area contributed by atoms with Crippen molar-refractivity contribution in [2.45, 2.75) is 13.0 Å². The second-order valence-electron chi connectivity index (χ2n) is 5.24. The lowest BCUT2D eigenvalue weighted by molar-refractivity contribution is -0.911. The van der Waals surface area contributed by atoms with Crippen LogP contribution in [0.5, 0.6) is 5.75 Å². The van der Waals surface area contributed by atoms with Crippen LogP contribution in [0.4, 0.5) is 5.69 Å². The van der Waals surface area contributed by atoms with E-state index in [1.165, 1.54) is 11.8 Å². The summed E-state index contributed by atoms with van der Waals surface area (Å²) in [5.74, 6) is 0.577. The molecule has 1 heterocycles. The number of ether oxygens (including phenoxy) is 2. The maximum atomic E-state index is 10.9. The number of hydrogen-bond acceptors (Lipinski definition) is 4. The first-order valence-corrected chi connectivity index (χ1v) is 7.23. The molecule has 0 aliphatic carbocycles. The molecule has 0 unspecified atom stereocenters. The number of nitrogens with one attached hydrogen (secondary N) is 2. The quantitative estimate of drug-likeness (QED) is 0.649. The third-order valence-electron chi connectivity index (χ3n) is 3.34. The Kier molecular flexibility index (Phi) is 5.98. The predicted molar refractivity (Wildman–Crippen MR) is 78.6 cm³/mol. The molecule has 1 aromatic rings. The van der Waals surface area contributed by atoms with Crippen LogP contribution in [0.25, 0.3) is 0 Å². The first-order chi connectivity index (χ1) is 10.1. The molecule has 0 saturated carbocycles. The summed E-state index contributed by atoms with van der Waals surface area (Å²) < 4.78 is 10.8. The normalized spacial score (nSPS) is 17.2. The molecule has 0 bridgehead atoms. The molecule has 1 amide bonds. The highest BCUT2D eigenvalue weighted by molar-refractivity contribution is 5.88. The molecule has 6 nitrogen and oxygen atoms in total. The van der Waals surface area contributed by atoms with E-state index in [-0.39, 0.29) is 12.5 Å². The van der Waals surface area contributed by atoms with Gasteiger partial charge in [-0.25, -0.2) is 0 Å². The second kappa shape index (κ2) is 7.97. The van der Waals surface area contributed by atoms with E-state index in [0.29, 0.717) is 12.3 Å². The number of amides is 1. The van der Waals surface area contributed by atoms with Crippen LogP contribution in [-0.2, 0) is 9.53 Å². The van der Waals surface area contributed by atoms with Gasteiger partial charge in [-0.1, -0.05) is 0 Å². The fourth-order valence-electron chi connectivity index (χ4n) is 2.29. The number of aliphatic hydroxyl groups is 1. The Balaban J connectivity index is 1.72. The topological polar surface area (TPSA) is 72.2 Å². The number of rotatable bonds is 6. The number of anilines is 1. The van der Waals surface area contributed by atoms with Gasteiger partial charge in [0.25, 0.3) is 0 Å². The van der Waals surface area contributed by atoms with Crippen molar-refractivity contribution in [3.8, 4) is 5.75 Å². The zero-order valence-corrected chi connectivity index (χ0v) is 12.3. The van der Waals surface area contributed by atoms with Crippen molar-refractivity contribution >= 4 is 11.6 Å². The van der Waals surface area contributed by atoms with Gasteiger partial charge in [-0.2, -0.15) is 0 Å². The van der Waals surface area contributed by atoms with Gasteiger partial charge in [0.05, 0.1) is 13.2 Å². The molecule has 116 valence electrons. The number of hydrogen-bond donors (Lipinski definition) is 3. The summed E-state index contributed by atoms with van der Waals surface area (Å²) >= 11 is 0. The summed E-state index contributed by atoms with van der Waals surface area (Å²) in [4.78, 5) is 12.3. The SMILES string of the molecule is CC(=O)Nc1ccc(OC[C@@H](O)C[NH+]2CCOCC2)cc1. The first kappa shape index (κ1) is 15.8. The Morgan fingerprint density at radius 1 is 1.38 bits per heavy atom. The van der Waals surface area contributed by atoms with Crippen LogP contribution in [0.2, 0.25) is 0 Å². The zero-order chi connectivity index (χ0) is 15.1. The lowest BCUT2D eigenvalue weighted by Gasteiger charge is -2.25. The predicted octanol–water partition coefficient (Wildman–Crippen LogP) is -0.700. The minimum atomic E-state index is -0.492. The lowest BCUT2D eigenvalue weighted by Crippen LogP contribution is -3.15. The molecule has 1 atom stereocenters. The van der Waals surface area contributed by atoms with Gasteiger partial charge in [-0.15, -0.1) is 0 Å². The van der Waals surface area contributed by atoms with E-state index >= 15 is 0 Å². The molecular formula is C15H23N2O4+. The molecule has 3 N–H and O–H groups in total. The number of carbonyl (C=O) groups is 1. The van der Waals surface area contributed by atoms with Crippen molar-refractivity contribution in [2.24, 2.45) is 0 Å². The van der Waals surface area contributed by atoms with Crippen molar-refractivity contribution in [1.29, 1.82) is 0 Å². The van der Waals surface area contributed by atoms with E-state index < -0.39 is 6.10 Å². The zero-order valence-electron chi connectivity index (χ0n) is 12.3. The molecule has 21 heavy (non-hydrogen) atoms. The monoisotopic (exact) mass is 295 g/mol. The van der Waals surface area contributed by atoms with Crippen LogP contribution in [0, 0.1) is 0 Å². The fraction of sp³-hybridized carbons (Fsp3) is 0.533. The van der Waals surface area contributed by atoms with Crippen molar-refractivity contribution < 1.29 is 24.3 Å². The Bertz CT molecular complexity index is 443. The van der Waals surface area contributed by atoms with Gasteiger partial charge >= 0.3 is 0 Å². The van der Waals surface area contributed by atoms with Gasteiger partial charge < -0.3 is 24.8 Å². The maximum Gasteiger partial charge on any atom is 0.221 e. The Morgan fingerprint density at radius 3 is 2.67 bits per heavy atom.